The van der Waals surface area contributed by atoms with Gasteiger partial charge in [0.2, 0.25) is 0 Å². The van der Waals surface area contributed by atoms with E-state index in [0.29, 0.717) is 29.8 Å². The van der Waals surface area contributed by atoms with E-state index >= 15 is 0 Å². The van der Waals surface area contributed by atoms with Crippen LogP contribution >= 0.6 is 0 Å². The number of rotatable bonds is 7. The molecular weight excluding hydrogens is 481 g/mol. The Hall–Kier alpha value is -3.68. The van der Waals surface area contributed by atoms with Gasteiger partial charge >= 0.3 is 12.1 Å². The Morgan fingerprint density at radius 1 is 0.892 bits per heavy atom. The van der Waals surface area contributed by atoms with Crippen molar-refractivity contribution in [1.82, 2.24) is 0 Å². The fourth-order valence-electron chi connectivity index (χ4n) is 4.84. The first-order chi connectivity index (χ1) is 17.7. The molecule has 1 saturated carbocycles. The van der Waals surface area contributed by atoms with Crippen LogP contribution in [-0.2, 0) is 4.74 Å². The summed E-state index contributed by atoms with van der Waals surface area (Å²) in [5.74, 6) is -0.892. The third kappa shape index (κ3) is 6.18. The SMILES string of the molecule is COC(=O)c1cc(OC)ccc1Nc1ccc(N(C)c2ccc(C3CCC(C(F)(F)F)CC3)cc2)cc1. The minimum atomic E-state index is -4.08. The van der Waals surface area contributed by atoms with Gasteiger partial charge in [0.25, 0.3) is 0 Å². The van der Waals surface area contributed by atoms with E-state index < -0.39 is 18.1 Å². The molecule has 196 valence electrons. The average Bonchev–Trinajstić information content (AvgIpc) is 2.92. The topological polar surface area (TPSA) is 50.8 Å². The molecule has 37 heavy (non-hydrogen) atoms. The highest BCUT2D eigenvalue weighted by Gasteiger charge is 2.41. The number of esters is 1. The molecule has 0 bridgehead atoms. The van der Waals surface area contributed by atoms with Crippen molar-refractivity contribution in [2.75, 3.05) is 31.5 Å². The van der Waals surface area contributed by atoms with Crippen LogP contribution < -0.4 is 15.0 Å². The van der Waals surface area contributed by atoms with Gasteiger partial charge in [0, 0.05) is 24.1 Å². The number of nitrogens with one attached hydrogen (secondary N) is 1. The number of nitrogens with zero attached hydrogens (tertiary/aromatic N) is 1. The number of methoxy groups -OCH3 is 2. The molecule has 1 fully saturated rings. The Kier molecular flexibility index (Phi) is 7.95. The Morgan fingerprint density at radius 3 is 2.03 bits per heavy atom. The summed E-state index contributed by atoms with van der Waals surface area (Å²) < 4.78 is 49.0. The zero-order valence-corrected chi connectivity index (χ0v) is 21.1. The van der Waals surface area contributed by atoms with Gasteiger partial charge in [0.05, 0.1) is 31.4 Å². The molecule has 0 aliphatic heterocycles. The van der Waals surface area contributed by atoms with E-state index in [0.717, 1.165) is 22.6 Å². The van der Waals surface area contributed by atoms with E-state index in [1.165, 1.54) is 14.2 Å². The molecule has 5 nitrogen and oxygen atoms in total. The van der Waals surface area contributed by atoms with Crippen LogP contribution in [0.3, 0.4) is 0 Å². The van der Waals surface area contributed by atoms with E-state index in [9.17, 15) is 18.0 Å². The fraction of sp³-hybridized carbons (Fsp3) is 0.345. The first-order valence-corrected chi connectivity index (χ1v) is 12.2. The maximum absolute atomic E-state index is 13.0. The van der Waals surface area contributed by atoms with Crippen molar-refractivity contribution >= 4 is 28.7 Å². The first-order valence-electron chi connectivity index (χ1n) is 12.2. The Bertz CT molecular complexity index is 1200. The number of benzene rings is 3. The number of anilines is 4. The lowest BCUT2D eigenvalue weighted by molar-refractivity contribution is -0.182. The normalized spacial score (nSPS) is 17.7. The summed E-state index contributed by atoms with van der Waals surface area (Å²) in [6, 6.07) is 21.0. The van der Waals surface area contributed by atoms with Crippen molar-refractivity contribution < 1.29 is 27.4 Å². The zero-order valence-electron chi connectivity index (χ0n) is 21.1. The predicted octanol–water partition coefficient (Wildman–Crippen LogP) is 7.83. The summed E-state index contributed by atoms with van der Waals surface area (Å²) in [5, 5.41) is 3.26. The Balaban J connectivity index is 1.41. The first kappa shape index (κ1) is 26.4. The lowest BCUT2D eigenvalue weighted by Gasteiger charge is -2.30. The molecule has 0 spiro atoms. The molecule has 0 saturated heterocycles. The molecule has 1 aliphatic rings. The Labute approximate surface area is 215 Å². The molecule has 3 aromatic rings. The minimum absolute atomic E-state index is 0.177. The van der Waals surface area contributed by atoms with Gasteiger partial charge in [0.15, 0.2) is 0 Å². The molecule has 1 N–H and O–H groups in total. The maximum Gasteiger partial charge on any atom is 0.391 e. The van der Waals surface area contributed by atoms with Crippen LogP contribution in [0.2, 0.25) is 0 Å². The molecule has 0 aromatic heterocycles. The van der Waals surface area contributed by atoms with Crippen LogP contribution in [0.4, 0.5) is 35.9 Å². The summed E-state index contributed by atoms with van der Waals surface area (Å²) in [6.07, 6.45) is -2.54. The smallest absolute Gasteiger partial charge is 0.391 e. The zero-order chi connectivity index (χ0) is 26.6. The maximum atomic E-state index is 13.0. The van der Waals surface area contributed by atoms with Crippen molar-refractivity contribution in [3.63, 3.8) is 0 Å². The van der Waals surface area contributed by atoms with E-state index in [1.807, 2.05) is 60.5 Å². The molecule has 0 unspecified atom stereocenters. The van der Waals surface area contributed by atoms with Crippen LogP contribution in [-0.4, -0.2) is 33.4 Å². The molecule has 0 atom stereocenters. The van der Waals surface area contributed by atoms with Gasteiger partial charge in [-0.25, -0.2) is 4.79 Å². The van der Waals surface area contributed by atoms with Crippen molar-refractivity contribution in [3.05, 3.63) is 77.9 Å². The van der Waals surface area contributed by atoms with Crippen LogP contribution in [0.15, 0.2) is 66.7 Å². The molecular formula is C29H31F3N2O3. The summed E-state index contributed by atoms with van der Waals surface area (Å²) in [5.41, 5.74) is 4.82. The summed E-state index contributed by atoms with van der Waals surface area (Å²) >= 11 is 0. The monoisotopic (exact) mass is 512 g/mol. The van der Waals surface area contributed by atoms with E-state index in [2.05, 4.69) is 5.32 Å². The number of alkyl halides is 3. The summed E-state index contributed by atoms with van der Waals surface area (Å²) in [4.78, 5) is 14.2. The van der Waals surface area contributed by atoms with E-state index in [-0.39, 0.29) is 18.8 Å². The van der Waals surface area contributed by atoms with Crippen LogP contribution in [0.1, 0.15) is 47.5 Å². The van der Waals surface area contributed by atoms with Gasteiger partial charge < -0.3 is 19.7 Å². The van der Waals surface area contributed by atoms with Gasteiger partial charge in [-0.3, -0.25) is 0 Å². The second kappa shape index (κ2) is 11.2. The number of carbonyl (C=O) groups is 1. The van der Waals surface area contributed by atoms with E-state index in [1.54, 1.807) is 18.2 Å². The number of halogens is 3. The second-order valence-corrected chi connectivity index (χ2v) is 9.32. The van der Waals surface area contributed by atoms with Gasteiger partial charge in [-0.2, -0.15) is 13.2 Å². The fourth-order valence-corrected chi connectivity index (χ4v) is 4.84. The molecule has 0 amide bonds. The molecule has 0 heterocycles. The quantitative estimate of drug-likeness (QED) is 0.327. The predicted molar refractivity (Wildman–Crippen MR) is 139 cm³/mol. The summed E-state index contributed by atoms with van der Waals surface area (Å²) in [6.45, 7) is 0. The number of hydrogen-bond acceptors (Lipinski definition) is 5. The largest absolute Gasteiger partial charge is 0.497 e. The molecule has 3 aromatic carbocycles. The van der Waals surface area contributed by atoms with Gasteiger partial charge in [-0.15, -0.1) is 0 Å². The number of ether oxygens (including phenoxy) is 2. The van der Waals surface area contributed by atoms with Crippen molar-refractivity contribution in [2.45, 2.75) is 37.8 Å². The number of carbonyl (C=O) groups excluding carboxylic acids is 1. The standard InChI is InChI=1S/C29H31F3N2O3/c1-34(23-12-6-20(7-13-23)19-4-8-21(9-5-19)29(30,31)32)24-14-10-22(11-15-24)33-27-17-16-25(36-2)18-26(27)28(35)37-3/h6-7,10-19,21,33H,4-5,8-9H2,1-3H3. The van der Waals surface area contributed by atoms with Gasteiger partial charge in [-0.1, -0.05) is 12.1 Å². The third-order valence-corrected chi connectivity index (χ3v) is 7.11. The highest BCUT2D eigenvalue weighted by Crippen LogP contribution is 2.43. The molecule has 4 rings (SSSR count). The van der Waals surface area contributed by atoms with E-state index in [4.69, 9.17) is 9.47 Å². The highest BCUT2D eigenvalue weighted by molar-refractivity contribution is 5.97. The summed E-state index contributed by atoms with van der Waals surface area (Å²) in [7, 11) is 4.83. The Morgan fingerprint density at radius 2 is 1.49 bits per heavy atom. The van der Waals surface area contributed by atoms with Crippen molar-refractivity contribution in [1.29, 1.82) is 0 Å². The van der Waals surface area contributed by atoms with Crippen LogP contribution in [0.5, 0.6) is 5.75 Å². The van der Waals surface area contributed by atoms with Crippen molar-refractivity contribution in [3.8, 4) is 5.75 Å². The van der Waals surface area contributed by atoms with Gasteiger partial charge in [-0.05, 0) is 91.8 Å². The molecule has 0 radical (unpaired) electrons. The van der Waals surface area contributed by atoms with Crippen molar-refractivity contribution in [2.24, 2.45) is 5.92 Å². The lowest BCUT2D eigenvalue weighted by Crippen LogP contribution is -2.27. The molecule has 1 aliphatic carbocycles. The van der Waals surface area contributed by atoms with Crippen LogP contribution in [0.25, 0.3) is 0 Å². The van der Waals surface area contributed by atoms with Crippen LogP contribution in [0, 0.1) is 5.92 Å². The number of hydrogen-bond donors (Lipinski definition) is 1. The molecule has 8 heteroatoms. The highest BCUT2D eigenvalue weighted by atomic mass is 19.4. The lowest BCUT2D eigenvalue weighted by atomic mass is 9.78. The second-order valence-electron chi connectivity index (χ2n) is 9.32. The van der Waals surface area contributed by atoms with Gasteiger partial charge in [0.1, 0.15) is 5.75 Å². The third-order valence-electron chi connectivity index (χ3n) is 7.11. The average molecular weight is 513 g/mol. The minimum Gasteiger partial charge on any atom is -0.497 e.